The van der Waals surface area contributed by atoms with Gasteiger partial charge in [0.1, 0.15) is 11.9 Å². The van der Waals surface area contributed by atoms with E-state index in [0.29, 0.717) is 19.5 Å². The average molecular weight is 404 g/mol. The number of imidazole rings is 1. The molecule has 1 aromatic carbocycles. The second-order valence-electron chi connectivity index (χ2n) is 7.34. The zero-order chi connectivity index (χ0) is 18.8. The van der Waals surface area contributed by atoms with Crippen molar-refractivity contribution in [3.63, 3.8) is 0 Å². The fraction of sp³-hybridized carbons (Fsp3) is 0.450. The number of carbonyl (C=O) groups is 2. The van der Waals surface area contributed by atoms with Gasteiger partial charge in [-0.1, -0.05) is 12.1 Å². The number of nitrogens with one attached hydrogen (secondary N) is 2. The van der Waals surface area contributed by atoms with Crippen LogP contribution in [0, 0.1) is 5.92 Å². The number of aromatic nitrogens is 2. The van der Waals surface area contributed by atoms with Crippen molar-refractivity contribution in [1.29, 1.82) is 0 Å². The van der Waals surface area contributed by atoms with E-state index < -0.39 is 0 Å². The van der Waals surface area contributed by atoms with E-state index in [0.717, 1.165) is 36.5 Å². The van der Waals surface area contributed by atoms with Crippen molar-refractivity contribution in [3.05, 3.63) is 48.0 Å². The Kier molecular flexibility index (Phi) is 6.36. The van der Waals surface area contributed by atoms with Gasteiger partial charge in [0.25, 0.3) is 0 Å². The Bertz CT molecular complexity index is 831. The van der Waals surface area contributed by atoms with Crippen LogP contribution in [0.2, 0.25) is 0 Å². The van der Waals surface area contributed by atoms with Crippen molar-refractivity contribution in [2.45, 2.75) is 25.3 Å². The number of nitrogens with zero attached hydrogens (tertiary/aromatic N) is 3. The largest absolute Gasteiger partial charge is 0.336 e. The SMILES string of the molecule is Cl.Cn1ccnc1C1CNCCN1C(=O)Cc1ccc(NC(=O)C2CC2)cc1. The Morgan fingerprint density at radius 1 is 1.25 bits per heavy atom. The van der Waals surface area contributed by atoms with Gasteiger partial charge in [-0.15, -0.1) is 12.4 Å². The summed E-state index contributed by atoms with van der Waals surface area (Å²) in [5.74, 6) is 1.27. The van der Waals surface area contributed by atoms with Crippen LogP contribution in [-0.4, -0.2) is 45.9 Å². The van der Waals surface area contributed by atoms with Crippen LogP contribution >= 0.6 is 12.4 Å². The number of hydrogen-bond donors (Lipinski definition) is 2. The molecule has 0 bridgehead atoms. The Morgan fingerprint density at radius 3 is 2.64 bits per heavy atom. The summed E-state index contributed by atoms with van der Waals surface area (Å²) in [6.07, 6.45) is 5.99. The Hall–Kier alpha value is -2.38. The maximum Gasteiger partial charge on any atom is 0.227 e. The molecule has 2 amide bonds. The highest BCUT2D eigenvalue weighted by Crippen LogP contribution is 2.30. The van der Waals surface area contributed by atoms with Crippen molar-refractivity contribution in [2.24, 2.45) is 13.0 Å². The summed E-state index contributed by atoms with van der Waals surface area (Å²) in [4.78, 5) is 31.1. The molecule has 2 aromatic rings. The summed E-state index contributed by atoms with van der Waals surface area (Å²) in [5, 5.41) is 6.28. The Morgan fingerprint density at radius 2 is 2.00 bits per heavy atom. The minimum absolute atomic E-state index is 0. The lowest BCUT2D eigenvalue weighted by atomic mass is 10.1. The number of amides is 2. The summed E-state index contributed by atoms with van der Waals surface area (Å²) >= 11 is 0. The number of piperazine rings is 1. The van der Waals surface area contributed by atoms with Gasteiger partial charge in [-0.3, -0.25) is 9.59 Å². The van der Waals surface area contributed by atoms with Crippen LogP contribution in [0.1, 0.15) is 30.3 Å². The fourth-order valence-corrected chi connectivity index (χ4v) is 3.50. The van der Waals surface area contributed by atoms with E-state index in [1.807, 2.05) is 47.0 Å². The van der Waals surface area contributed by atoms with Crippen molar-refractivity contribution < 1.29 is 9.59 Å². The summed E-state index contributed by atoms with van der Waals surface area (Å²) in [5.41, 5.74) is 1.73. The quantitative estimate of drug-likeness (QED) is 0.799. The molecule has 2 fully saturated rings. The predicted octanol–water partition coefficient (Wildman–Crippen LogP) is 1.91. The zero-order valence-corrected chi connectivity index (χ0v) is 16.7. The molecule has 2 N–H and O–H groups in total. The first-order valence-corrected chi connectivity index (χ1v) is 9.49. The third-order valence-electron chi connectivity index (χ3n) is 5.25. The number of halogens is 1. The minimum Gasteiger partial charge on any atom is -0.336 e. The summed E-state index contributed by atoms with van der Waals surface area (Å²) in [6.45, 7) is 2.17. The van der Waals surface area contributed by atoms with Gasteiger partial charge >= 0.3 is 0 Å². The predicted molar refractivity (Wildman–Crippen MR) is 109 cm³/mol. The highest BCUT2D eigenvalue weighted by molar-refractivity contribution is 5.94. The first-order valence-electron chi connectivity index (χ1n) is 9.49. The number of anilines is 1. The monoisotopic (exact) mass is 403 g/mol. The first-order chi connectivity index (χ1) is 13.1. The molecule has 1 aliphatic carbocycles. The van der Waals surface area contributed by atoms with Crippen molar-refractivity contribution in [3.8, 4) is 0 Å². The lowest BCUT2D eigenvalue weighted by Gasteiger charge is -2.35. The van der Waals surface area contributed by atoms with E-state index in [1.54, 1.807) is 6.20 Å². The van der Waals surface area contributed by atoms with E-state index in [4.69, 9.17) is 0 Å². The molecule has 1 aliphatic heterocycles. The highest BCUT2D eigenvalue weighted by Gasteiger charge is 2.31. The molecule has 4 rings (SSSR count). The van der Waals surface area contributed by atoms with Crippen LogP contribution in [0.25, 0.3) is 0 Å². The lowest BCUT2D eigenvalue weighted by Crippen LogP contribution is -2.49. The zero-order valence-electron chi connectivity index (χ0n) is 15.9. The van der Waals surface area contributed by atoms with E-state index in [9.17, 15) is 9.59 Å². The third-order valence-corrected chi connectivity index (χ3v) is 5.25. The molecule has 1 saturated carbocycles. The summed E-state index contributed by atoms with van der Waals surface area (Å²) in [7, 11) is 1.95. The van der Waals surface area contributed by atoms with Gasteiger partial charge in [0, 0.05) is 50.7 Å². The van der Waals surface area contributed by atoms with Crippen LogP contribution in [-0.2, 0) is 23.1 Å². The summed E-state index contributed by atoms with van der Waals surface area (Å²) < 4.78 is 1.97. The van der Waals surface area contributed by atoms with Crippen molar-refractivity contribution >= 4 is 29.9 Å². The number of rotatable bonds is 5. The highest BCUT2D eigenvalue weighted by atomic mass is 35.5. The van der Waals surface area contributed by atoms with Crippen LogP contribution in [0.5, 0.6) is 0 Å². The van der Waals surface area contributed by atoms with E-state index in [2.05, 4.69) is 15.6 Å². The van der Waals surface area contributed by atoms with Gasteiger partial charge in [0.2, 0.25) is 11.8 Å². The molecule has 28 heavy (non-hydrogen) atoms. The molecular formula is C20H26ClN5O2. The standard InChI is InChI=1S/C20H25N5O2.ClH/c1-24-10-9-22-19(24)17-13-21-8-11-25(17)18(26)12-14-2-6-16(7-3-14)23-20(27)15-4-5-15;/h2-3,6-7,9-10,15,17,21H,4-5,8,11-13H2,1H3,(H,23,27);1H. The second-order valence-corrected chi connectivity index (χ2v) is 7.34. The second kappa shape index (κ2) is 8.75. The molecule has 2 aliphatic rings. The number of benzene rings is 1. The van der Waals surface area contributed by atoms with E-state index in [-0.39, 0.29) is 36.2 Å². The molecule has 0 radical (unpaired) electrons. The number of aryl methyl sites for hydroxylation is 1. The molecule has 1 saturated heterocycles. The number of carbonyl (C=O) groups excluding carboxylic acids is 2. The van der Waals surface area contributed by atoms with Gasteiger partial charge in [0.15, 0.2) is 0 Å². The minimum atomic E-state index is -0.0525. The molecule has 0 spiro atoms. The molecule has 8 heteroatoms. The van der Waals surface area contributed by atoms with Gasteiger partial charge in [-0.05, 0) is 30.5 Å². The molecule has 1 atom stereocenters. The first kappa shape index (κ1) is 20.4. The van der Waals surface area contributed by atoms with Crippen molar-refractivity contribution in [1.82, 2.24) is 19.8 Å². The molecular weight excluding hydrogens is 378 g/mol. The summed E-state index contributed by atoms with van der Waals surface area (Å²) in [6, 6.07) is 7.52. The van der Waals surface area contributed by atoms with E-state index in [1.165, 1.54) is 0 Å². The topological polar surface area (TPSA) is 79.3 Å². The van der Waals surface area contributed by atoms with Gasteiger partial charge in [0.05, 0.1) is 6.42 Å². The maximum absolute atomic E-state index is 12.9. The van der Waals surface area contributed by atoms with Gasteiger partial charge in [-0.25, -0.2) is 4.98 Å². The maximum atomic E-state index is 12.9. The molecule has 1 aromatic heterocycles. The normalized spacial score (nSPS) is 19.0. The van der Waals surface area contributed by atoms with Crippen LogP contribution in [0.3, 0.4) is 0 Å². The molecule has 150 valence electrons. The molecule has 7 nitrogen and oxygen atoms in total. The molecule has 1 unspecified atom stereocenters. The number of hydrogen-bond acceptors (Lipinski definition) is 4. The van der Waals surface area contributed by atoms with Crippen LogP contribution in [0.15, 0.2) is 36.7 Å². The average Bonchev–Trinajstić information content (AvgIpc) is 3.45. The Labute approximate surface area is 170 Å². The fourth-order valence-electron chi connectivity index (χ4n) is 3.50. The lowest BCUT2D eigenvalue weighted by molar-refractivity contribution is -0.134. The molecule has 2 heterocycles. The van der Waals surface area contributed by atoms with Gasteiger partial charge in [-0.2, -0.15) is 0 Å². The third kappa shape index (κ3) is 4.54. The smallest absolute Gasteiger partial charge is 0.227 e. The van der Waals surface area contributed by atoms with Crippen LogP contribution < -0.4 is 10.6 Å². The Balaban J connectivity index is 0.00000225. The van der Waals surface area contributed by atoms with Crippen molar-refractivity contribution in [2.75, 3.05) is 25.0 Å². The van der Waals surface area contributed by atoms with Crippen LogP contribution in [0.4, 0.5) is 5.69 Å². The van der Waals surface area contributed by atoms with Gasteiger partial charge < -0.3 is 20.1 Å². The van der Waals surface area contributed by atoms with E-state index >= 15 is 0 Å².